The van der Waals surface area contributed by atoms with Crippen LogP contribution in [0.1, 0.15) is 52.4 Å². The quantitative estimate of drug-likeness (QED) is 0.600. The molecule has 0 radical (unpaired) electrons. The summed E-state index contributed by atoms with van der Waals surface area (Å²) in [4.78, 5) is 24.3. The van der Waals surface area contributed by atoms with Crippen molar-refractivity contribution >= 4 is 29.2 Å². The Hall–Kier alpha value is -3.38. The SMILES string of the molecule is Cc1nn(-c2cccc(Cl)c2)c2c1C(c1ccc(C(=O)O)cc1)C1=C(CCCC1=O)N2. The number of aryl methyl sites for hydroxylation is 1. The van der Waals surface area contributed by atoms with Crippen molar-refractivity contribution in [2.45, 2.75) is 32.1 Å². The van der Waals surface area contributed by atoms with Gasteiger partial charge in [0.25, 0.3) is 0 Å². The number of hydrogen-bond acceptors (Lipinski definition) is 4. The summed E-state index contributed by atoms with van der Waals surface area (Å²) in [5, 5.41) is 18.1. The highest BCUT2D eigenvalue weighted by atomic mass is 35.5. The molecule has 1 aromatic heterocycles. The predicted molar refractivity (Wildman–Crippen MR) is 118 cm³/mol. The van der Waals surface area contributed by atoms with Crippen molar-refractivity contribution in [3.8, 4) is 5.69 Å². The second kappa shape index (κ2) is 7.39. The van der Waals surface area contributed by atoms with Gasteiger partial charge in [0.05, 0.1) is 16.9 Å². The second-order valence-corrected chi connectivity index (χ2v) is 8.33. The van der Waals surface area contributed by atoms with E-state index in [1.807, 2.05) is 35.9 Å². The van der Waals surface area contributed by atoms with Gasteiger partial charge in [0, 0.05) is 34.2 Å². The third kappa shape index (κ3) is 3.24. The van der Waals surface area contributed by atoms with E-state index in [0.29, 0.717) is 11.4 Å². The monoisotopic (exact) mass is 433 g/mol. The average molecular weight is 434 g/mol. The maximum absolute atomic E-state index is 13.0. The lowest BCUT2D eigenvalue weighted by atomic mass is 9.76. The van der Waals surface area contributed by atoms with Crippen LogP contribution in [-0.2, 0) is 4.79 Å². The highest BCUT2D eigenvalue weighted by Gasteiger charge is 2.38. The molecule has 2 N–H and O–H groups in total. The van der Waals surface area contributed by atoms with Crippen LogP contribution >= 0.6 is 11.6 Å². The molecule has 0 spiro atoms. The largest absolute Gasteiger partial charge is 0.478 e. The number of nitrogens with zero attached hydrogens (tertiary/aromatic N) is 2. The summed E-state index contributed by atoms with van der Waals surface area (Å²) in [6, 6.07) is 14.2. The summed E-state index contributed by atoms with van der Waals surface area (Å²) in [6.07, 6.45) is 2.10. The van der Waals surface area contributed by atoms with Gasteiger partial charge < -0.3 is 10.4 Å². The molecule has 0 bridgehead atoms. The van der Waals surface area contributed by atoms with E-state index in [9.17, 15) is 14.7 Å². The van der Waals surface area contributed by atoms with Crippen LogP contribution in [-0.4, -0.2) is 26.6 Å². The molecule has 0 amide bonds. The molecule has 1 atom stereocenters. The van der Waals surface area contributed by atoms with Crippen molar-refractivity contribution in [2.75, 3.05) is 5.32 Å². The van der Waals surface area contributed by atoms with Gasteiger partial charge in [0.1, 0.15) is 5.82 Å². The molecule has 5 rings (SSSR count). The Morgan fingerprint density at radius 1 is 1.19 bits per heavy atom. The van der Waals surface area contributed by atoms with Crippen LogP contribution in [0.25, 0.3) is 5.69 Å². The number of carbonyl (C=O) groups is 2. The Morgan fingerprint density at radius 2 is 1.97 bits per heavy atom. The molecule has 1 unspecified atom stereocenters. The third-order valence-electron chi connectivity index (χ3n) is 5.95. The number of hydrogen-bond donors (Lipinski definition) is 2. The number of aromatic carboxylic acids is 1. The van der Waals surface area contributed by atoms with Gasteiger partial charge in [-0.3, -0.25) is 4.79 Å². The first kappa shape index (κ1) is 19.6. The number of anilines is 1. The van der Waals surface area contributed by atoms with E-state index in [2.05, 4.69) is 5.32 Å². The first-order chi connectivity index (χ1) is 14.9. The summed E-state index contributed by atoms with van der Waals surface area (Å²) in [5.74, 6) is -0.326. The van der Waals surface area contributed by atoms with Crippen LogP contribution < -0.4 is 5.32 Å². The summed E-state index contributed by atoms with van der Waals surface area (Å²) in [6.45, 7) is 1.93. The number of fused-ring (bicyclic) bond motifs is 1. The molecule has 1 aliphatic heterocycles. The van der Waals surface area contributed by atoms with Crippen molar-refractivity contribution in [1.82, 2.24) is 9.78 Å². The Kier molecular flexibility index (Phi) is 4.67. The molecule has 2 aliphatic rings. The molecule has 2 aromatic carbocycles. The maximum atomic E-state index is 13.0. The van der Waals surface area contributed by atoms with Crippen molar-refractivity contribution < 1.29 is 14.7 Å². The Balaban J connectivity index is 1.72. The van der Waals surface area contributed by atoms with Gasteiger partial charge in [0.2, 0.25) is 0 Å². The summed E-state index contributed by atoms with van der Waals surface area (Å²) in [7, 11) is 0. The third-order valence-corrected chi connectivity index (χ3v) is 6.19. The predicted octanol–water partition coefficient (Wildman–Crippen LogP) is 5.10. The first-order valence-corrected chi connectivity index (χ1v) is 10.5. The normalized spacial score (nSPS) is 17.7. The van der Waals surface area contributed by atoms with Crippen LogP contribution in [0, 0.1) is 6.92 Å². The number of ketones is 1. The fourth-order valence-electron chi connectivity index (χ4n) is 4.57. The van der Waals surface area contributed by atoms with Gasteiger partial charge in [-0.05, 0) is 55.7 Å². The van der Waals surface area contributed by atoms with Crippen molar-refractivity contribution in [3.63, 3.8) is 0 Å². The number of benzene rings is 2. The van der Waals surface area contributed by atoms with Crippen LogP contribution in [0.3, 0.4) is 0 Å². The molecule has 1 aliphatic carbocycles. The summed E-state index contributed by atoms with van der Waals surface area (Å²) >= 11 is 6.22. The number of nitrogens with one attached hydrogen (secondary N) is 1. The zero-order valence-corrected chi connectivity index (χ0v) is 17.6. The molecule has 31 heavy (non-hydrogen) atoms. The van der Waals surface area contributed by atoms with Gasteiger partial charge in [-0.15, -0.1) is 0 Å². The smallest absolute Gasteiger partial charge is 0.335 e. The lowest BCUT2D eigenvalue weighted by Gasteiger charge is -2.33. The zero-order valence-electron chi connectivity index (χ0n) is 16.9. The Morgan fingerprint density at radius 3 is 2.68 bits per heavy atom. The van der Waals surface area contributed by atoms with Gasteiger partial charge in [-0.2, -0.15) is 5.10 Å². The minimum absolute atomic E-state index is 0.126. The first-order valence-electron chi connectivity index (χ1n) is 10.2. The average Bonchev–Trinajstić information content (AvgIpc) is 3.09. The number of allylic oxidation sites excluding steroid dienone is 2. The van der Waals surface area contributed by atoms with Gasteiger partial charge in [-0.1, -0.05) is 29.8 Å². The minimum Gasteiger partial charge on any atom is -0.478 e. The highest BCUT2D eigenvalue weighted by Crippen LogP contribution is 2.47. The fourth-order valence-corrected chi connectivity index (χ4v) is 4.75. The number of carboxylic acid groups (broad SMARTS) is 1. The maximum Gasteiger partial charge on any atom is 0.335 e. The van der Waals surface area contributed by atoms with E-state index in [-0.39, 0.29) is 17.3 Å². The van der Waals surface area contributed by atoms with E-state index < -0.39 is 5.97 Å². The fraction of sp³-hybridized carbons (Fsp3) is 0.208. The molecule has 6 nitrogen and oxygen atoms in total. The van der Waals surface area contributed by atoms with Crippen LogP contribution in [0.2, 0.25) is 5.02 Å². The highest BCUT2D eigenvalue weighted by molar-refractivity contribution is 6.30. The Bertz CT molecular complexity index is 1260. The molecule has 2 heterocycles. The molecule has 0 fully saturated rings. The van der Waals surface area contributed by atoms with E-state index in [0.717, 1.165) is 52.4 Å². The van der Waals surface area contributed by atoms with Gasteiger partial charge in [-0.25, -0.2) is 9.48 Å². The van der Waals surface area contributed by atoms with Crippen LogP contribution in [0.4, 0.5) is 5.82 Å². The molecule has 7 heteroatoms. The number of aromatic nitrogens is 2. The van der Waals surface area contributed by atoms with E-state index in [4.69, 9.17) is 16.7 Å². The number of carbonyl (C=O) groups excluding carboxylic acids is 1. The number of Topliss-reactive ketones (excluding diaryl/α,β-unsaturated/α-hetero) is 1. The van der Waals surface area contributed by atoms with E-state index in [1.54, 1.807) is 24.3 Å². The standard InChI is InChI=1S/C24H20ClN3O3/c1-13-20-21(14-8-10-15(11-9-14)24(30)31)22-18(6-3-7-19(22)29)26-23(20)28(27-13)17-5-2-4-16(25)12-17/h2,4-5,8-12,21,26H,3,6-7H2,1H3,(H,30,31). The van der Waals surface area contributed by atoms with E-state index >= 15 is 0 Å². The number of rotatable bonds is 3. The lowest BCUT2D eigenvalue weighted by molar-refractivity contribution is -0.116. The number of halogens is 1. The molecule has 0 saturated carbocycles. The molecule has 156 valence electrons. The zero-order chi connectivity index (χ0) is 21.7. The van der Waals surface area contributed by atoms with Gasteiger partial charge >= 0.3 is 5.97 Å². The summed E-state index contributed by atoms with van der Waals surface area (Å²) in [5.41, 5.74) is 5.33. The molecular formula is C24H20ClN3O3. The van der Waals surface area contributed by atoms with Crippen molar-refractivity contribution in [3.05, 3.63) is 87.2 Å². The van der Waals surface area contributed by atoms with Gasteiger partial charge in [0.15, 0.2) is 5.78 Å². The number of carboxylic acids is 1. The van der Waals surface area contributed by atoms with Crippen molar-refractivity contribution in [1.29, 1.82) is 0 Å². The minimum atomic E-state index is -0.976. The second-order valence-electron chi connectivity index (χ2n) is 7.89. The topological polar surface area (TPSA) is 84.2 Å². The van der Waals surface area contributed by atoms with Crippen molar-refractivity contribution in [2.24, 2.45) is 0 Å². The molecule has 3 aromatic rings. The van der Waals surface area contributed by atoms with E-state index in [1.165, 1.54) is 0 Å². The Labute approximate surface area is 184 Å². The van der Waals surface area contributed by atoms with Crippen LogP contribution in [0.5, 0.6) is 0 Å². The molecule has 0 saturated heterocycles. The summed E-state index contributed by atoms with van der Waals surface area (Å²) < 4.78 is 1.83. The van der Waals surface area contributed by atoms with Crippen LogP contribution in [0.15, 0.2) is 59.8 Å². The lowest BCUT2D eigenvalue weighted by Crippen LogP contribution is -2.27. The molecular weight excluding hydrogens is 414 g/mol.